The van der Waals surface area contributed by atoms with E-state index in [4.69, 9.17) is 0 Å². The van der Waals surface area contributed by atoms with Crippen molar-refractivity contribution in [2.45, 2.75) is 20.0 Å². The summed E-state index contributed by atoms with van der Waals surface area (Å²) < 4.78 is 15.3. The van der Waals surface area contributed by atoms with Gasteiger partial charge in [0.05, 0.1) is 40.9 Å². The van der Waals surface area contributed by atoms with Gasteiger partial charge < -0.3 is 9.88 Å². The van der Waals surface area contributed by atoms with Gasteiger partial charge in [0.1, 0.15) is 5.82 Å². The molecule has 0 unspecified atom stereocenters. The van der Waals surface area contributed by atoms with Gasteiger partial charge in [-0.2, -0.15) is 0 Å². The second-order valence-electron chi connectivity index (χ2n) is 6.90. The van der Waals surface area contributed by atoms with Gasteiger partial charge in [0.25, 0.3) is 11.5 Å². The Hall–Kier alpha value is -3.87. The molecule has 0 bridgehead atoms. The van der Waals surface area contributed by atoms with Gasteiger partial charge >= 0.3 is 0 Å². The highest BCUT2D eigenvalue weighted by atomic mass is 19.1. The lowest BCUT2D eigenvalue weighted by Gasteiger charge is -2.11. The molecular formula is C23H19FN4O2. The number of hydrogen-bond donors (Lipinski definition) is 1. The first-order valence-corrected chi connectivity index (χ1v) is 9.45. The summed E-state index contributed by atoms with van der Waals surface area (Å²) >= 11 is 0. The highest BCUT2D eigenvalue weighted by molar-refractivity contribution is 5.98. The lowest BCUT2D eigenvalue weighted by molar-refractivity contribution is 0.0949. The smallest absolute Gasteiger partial charge is 0.260 e. The van der Waals surface area contributed by atoms with Crippen LogP contribution in [0.25, 0.3) is 10.9 Å². The number of aryl methyl sites for hydroxylation is 1. The zero-order valence-corrected chi connectivity index (χ0v) is 16.3. The van der Waals surface area contributed by atoms with Crippen LogP contribution in [0.1, 0.15) is 27.3 Å². The largest absolute Gasteiger partial charge is 0.346 e. The van der Waals surface area contributed by atoms with Crippen LogP contribution in [0.3, 0.4) is 0 Å². The lowest BCUT2D eigenvalue weighted by Crippen LogP contribution is -2.26. The fourth-order valence-corrected chi connectivity index (χ4v) is 3.25. The van der Waals surface area contributed by atoms with Crippen LogP contribution in [-0.2, 0) is 13.1 Å². The molecule has 0 aliphatic heterocycles. The predicted octanol–water partition coefficient (Wildman–Crippen LogP) is 3.22. The SMILES string of the molecule is Cc1nc2ccn(Cc3ccccc3)c(=O)c2cc1C(=O)NCc1ncccc1F. The van der Waals surface area contributed by atoms with Crippen LogP contribution < -0.4 is 10.9 Å². The summed E-state index contributed by atoms with van der Waals surface area (Å²) in [6.45, 7) is 2.06. The summed E-state index contributed by atoms with van der Waals surface area (Å²) in [5.41, 5.74) is 2.19. The van der Waals surface area contributed by atoms with E-state index in [0.717, 1.165) is 5.56 Å². The van der Waals surface area contributed by atoms with Gasteiger partial charge in [0.15, 0.2) is 0 Å². The highest BCUT2D eigenvalue weighted by Gasteiger charge is 2.15. The molecule has 0 aliphatic carbocycles. The van der Waals surface area contributed by atoms with Crippen LogP contribution in [0, 0.1) is 12.7 Å². The van der Waals surface area contributed by atoms with Crippen LogP contribution in [0.4, 0.5) is 4.39 Å². The molecule has 3 aromatic heterocycles. The van der Waals surface area contributed by atoms with E-state index < -0.39 is 11.7 Å². The van der Waals surface area contributed by atoms with Crippen molar-refractivity contribution in [2.75, 3.05) is 0 Å². The first-order chi connectivity index (χ1) is 14.5. The van der Waals surface area contributed by atoms with Crippen LogP contribution >= 0.6 is 0 Å². The quantitative estimate of drug-likeness (QED) is 0.556. The number of carbonyl (C=O) groups is 1. The molecule has 1 amide bonds. The summed E-state index contributed by atoms with van der Waals surface area (Å²) in [4.78, 5) is 34.0. The minimum absolute atomic E-state index is 0.0595. The number of halogens is 1. The Bertz CT molecular complexity index is 1290. The maximum Gasteiger partial charge on any atom is 0.260 e. The van der Waals surface area contributed by atoms with Crippen molar-refractivity contribution < 1.29 is 9.18 Å². The maximum absolute atomic E-state index is 13.7. The molecule has 30 heavy (non-hydrogen) atoms. The van der Waals surface area contributed by atoms with E-state index in [1.807, 2.05) is 30.3 Å². The molecule has 0 fully saturated rings. The molecule has 0 saturated heterocycles. The molecule has 0 saturated carbocycles. The third-order valence-electron chi connectivity index (χ3n) is 4.84. The second-order valence-corrected chi connectivity index (χ2v) is 6.90. The van der Waals surface area contributed by atoms with Crippen LogP contribution in [-0.4, -0.2) is 20.4 Å². The number of nitrogens with zero attached hydrogens (tertiary/aromatic N) is 3. The van der Waals surface area contributed by atoms with Crippen molar-refractivity contribution in [3.8, 4) is 0 Å². The molecule has 0 atom stereocenters. The molecule has 7 heteroatoms. The first kappa shape index (κ1) is 19.4. The van der Waals surface area contributed by atoms with E-state index in [2.05, 4.69) is 15.3 Å². The number of benzene rings is 1. The van der Waals surface area contributed by atoms with Crippen molar-refractivity contribution in [1.82, 2.24) is 19.9 Å². The van der Waals surface area contributed by atoms with Crippen LogP contribution in [0.5, 0.6) is 0 Å². The molecule has 0 spiro atoms. The van der Waals surface area contributed by atoms with E-state index >= 15 is 0 Å². The molecule has 150 valence electrons. The summed E-state index contributed by atoms with van der Waals surface area (Å²) in [7, 11) is 0. The first-order valence-electron chi connectivity index (χ1n) is 9.45. The fourth-order valence-electron chi connectivity index (χ4n) is 3.25. The molecule has 1 N–H and O–H groups in total. The van der Waals surface area contributed by atoms with Gasteiger partial charge in [0.2, 0.25) is 0 Å². The number of aromatic nitrogens is 3. The Balaban J connectivity index is 1.64. The van der Waals surface area contributed by atoms with Crippen molar-refractivity contribution >= 4 is 16.8 Å². The minimum atomic E-state index is -0.491. The average Bonchev–Trinajstić information content (AvgIpc) is 2.75. The Morgan fingerprint density at radius 2 is 1.93 bits per heavy atom. The van der Waals surface area contributed by atoms with E-state index in [-0.39, 0.29) is 23.4 Å². The van der Waals surface area contributed by atoms with E-state index in [1.54, 1.807) is 29.8 Å². The van der Waals surface area contributed by atoms with Gasteiger partial charge in [-0.15, -0.1) is 0 Å². The van der Waals surface area contributed by atoms with Crippen molar-refractivity contribution in [3.05, 3.63) is 106 Å². The Labute approximate surface area is 172 Å². The molecule has 6 nitrogen and oxygen atoms in total. The van der Waals surface area contributed by atoms with Gasteiger partial charge in [-0.05, 0) is 36.8 Å². The van der Waals surface area contributed by atoms with E-state index in [1.165, 1.54) is 18.3 Å². The van der Waals surface area contributed by atoms with Gasteiger partial charge in [-0.25, -0.2) is 4.39 Å². The highest BCUT2D eigenvalue weighted by Crippen LogP contribution is 2.14. The van der Waals surface area contributed by atoms with Crippen molar-refractivity contribution in [3.63, 3.8) is 0 Å². The summed E-state index contributed by atoms with van der Waals surface area (Å²) in [6, 6.07) is 15.7. The number of rotatable bonds is 5. The predicted molar refractivity (Wildman–Crippen MR) is 112 cm³/mol. The van der Waals surface area contributed by atoms with E-state index in [9.17, 15) is 14.0 Å². The normalized spacial score (nSPS) is 10.9. The number of pyridine rings is 3. The molecule has 4 rings (SSSR count). The Kier molecular flexibility index (Phi) is 5.34. The topological polar surface area (TPSA) is 76.9 Å². The van der Waals surface area contributed by atoms with Crippen molar-refractivity contribution in [2.24, 2.45) is 0 Å². The van der Waals surface area contributed by atoms with Crippen molar-refractivity contribution in [1.29, 1.82) is 0 Å². The lowest BCUT2D eigenvalue weighted by atomic mass is 10.1. The zero-order chi connectivity index (χ0) is 21.1. The van der Waals surface area contributed by atoms with Gasteiger partial charge in [0, 0.05) is 12.4 Å². The standard InChI is InChI=1S/C23H19FN4O2/c1-15-17(22(29)26-13-21-19(24)8-5-10-25-21)12-18-20(27-15)9-11-28(23(18)30)14-16-6-3-2-4-7-16/h2-12H,13-14H2,1H3,(H,26,29). The maximum atomic E-state index is 13.7. The van der Waals surface area contributed by atoms with E-state index in [0.29, 0.717) is 23.1 Å². The van der Waals surface area contributed by atoms with Gasteiger partial charge in [-0.3, -0.25) is 19.6 Å². The number of fused-ring (bicyclic) bond motifs is 1. The zero-order valence-electron chi connectivity index (χ0n) is 16.3. The van der Waals surface area contributed by atoms with Crippen LogP contribution in [0.2, 0.25) is 0 Å². The third-order valence-corrected chi connectivity index (χ3v) is 4.84. The number of carbonyl (C=O) groups excluding carboxylic acids is 1. The molecule has 0 radical (unpaired) electrons. The third kappa shape index (κ3) is 3.96. The second kappa shape index (κ2) is 8.24. The van der Waals surface area contributed by atoms with Gasteiger partial charge in [-0.1, -0.05) is 30.3 Å². The van der Waals surface area contributed by atoms with Crippen LogP contribution in [0.15, 0.2) is 71.8 Å². The summed E-state index contributed by atoms with van der Waals surface area (Å²) in [6.07, 6.45) is 3.16. The molecule has 0 aliphatic rings. The summed E-state index contributed by atoms with van der Waals surface area (Å²) in [5, 5.41) is 3.00. The fraction of sp³-hybridized carbons (Fsp3) is 0.130. The molecule has 4 aromatic rings. The molecule has 3 heterocycles. The Morgan fingerprint density at radius 1 is 1.13 bits per heavy atom. The monoisotopic (exact) mass is 402 g/mol. The number of nitrogens with one attached hydrogen (secondary N) is 1. The molecular weight excluding hydrogens is 383 g/mol. The average molecular weight is 402 g/mol. The summed E-state index contributed by atoms with van der Waals surface area (Å²) in [5.74, 6) is -0.931. The minimum Gasteiger partial charge on any atom is -0.346 e. The Morgan fingerprint density at radius 3 is 2.70 bits per heavy atom. The number of amides is 1. The number of hydrogen-bond acceptors (Lipinski definition) is 4. The molecule has 1 aromatic carbocycles.